The molecule has 0 radical (unpaired) electrons. The summed E-state index contributed by atoms with van der Waals surface area (Å²) in [7, 11) is 0. The molecule has 1 heterocycles. The Morgan fingerprint density at radius 1 is 0.760 bits per heavy atom. The van der Waals surface area contributed by atoms with Gasteiger partial charge in [0.05, 0.1) is 25.1 Å². The lowest BCUT2D eigenvalue weighted by atomic mass is 10.2. The summed E-state index contributed by atoms with van der Waals surface area (Å²) in [6.07, 6.45) is -0.821. The van der Waals surface area contributed by atoms with Gasteiger partial charge >= 0.3 is 0 Å². The van der Waals surface area contributed by atoms with Crippen LogP contribution in [0.25, 0.3) is 0 Å². The Hall–Kier alpha value is -2.73. The van der Waals surface area contributed by atoms with Crippen molar-refractivity contribution in [2.45, 2.75) is 6.17 Å². The summed E-state index contributed by atoms with van der Waals surface area (Å²) in [5.74, 6) is 0. The minimum atomic E-state index is -0.821. The van der Waals surface area contributed by atoms with Crippen LogP contribution >= 0.6 is 12.2 Å². The van der Waals surface area contributed by atoms with Crippen LogP contribution in [0.1, 0.15) is 25.4 Å². The van der Waals surface area contributed by atoms with Crippen molar-refractivity contribution in [3.63, 3.8) is 0 Å². The van der Waals surface area contributed by atoms with Gasteiger partial charge < -0.3 is 0 Å². The van der Waals surface area contributed by atoms with Crippen molar-refractivity contribution in [1.29, 1.82) is 0 Å². The quantitative estimate of drug-likeness (QED) is 0.693. The van der Waals surface area contributed by atoms with Gasteiger partial charge in [0.1, 0.15) is 6.17 Å². The third-order valence-corrected chi connectivity index (χ3v) is 3.82. The van der Waals surface area contributed by atoms with Crippen molar-refractivity contribution < 1.29 is 13.7 Å². The predicted molar refractivity (Wildman–Crippen MR) is 106 cm³/mol. The van der Waals surface area contributed by atoms with E-state index in [2.05, 4.69) is 10.9 Å². The SMILES string of the molecule is [2H]c1c([2H])c([2H])c(N2NC(c3ccccc3)NN(c3c([2H])c([2H])c([2H])c([2H])c3[2H])C2=S)c([2H])c1[2H]. The molecule has 3 aromatic rings. The molecule has 0 spiro atoms. The van der Waals surface area contributed by atoms with Crippen LogP contribution in [0.4, 0.5) is 11.4 Å². The molecule has 0 aromatic heterocycles. The third-order valence-electron chi connectivity index (χ3n) is 3.45. The summed E-state index contributed by atoms with van der Waals surface area (Å²) < 4.78 is 81.4. The number of hydrogen-bond donors (Lipinski definition) is 2. The molecule has 0 amide bonds. The average Bonchev–Trinajstić information content (AvgIpc) is 2.86. The molecule has 0 atom stereocenters. The minimum absolute atomic E-state index is 0.241. The fourth-order valence-electron chi connectivity index (χ4n) is 2.32. The highest BCUT2D eigenvalue weighted by Crippen LogP contribution is 2.25. The van der Waals surface area contributed by atoms with Crippen LogP contribution in [0.5, 0.6) is 0 Å². The number of anilines is 2. The second-order valence-corrected chi connectivity index (χ2v) is 5.37. The second-order valence-electron chi connectivity index (χ2n) is 5.00. The van der Waals surface area contributed by atoms with E-state index in [1.807, 2.05) is 0 Å². The molecule has 3 aromatic carbocycles. The van der Waals surface area contributed by atoms with E-state index in [1.54, 1.807) is 30.3 Å². The van der Waals surface area contributed by atoms with E-state index < -0.39 is 66.6 Å². The average molecular weight is 357 g/mol. The number of benzene rings is 3. The molecular formula is C20H18N4S. The van der Waals surface area contributed by atoms with Gasteiger partial charge in [-0.15, -0.1) is 0 Å². The molecule has 1 aliphatic rings. The lowest BCUT2D eigenvalue weighted by Crippen LogP contribution is -2.65. The molecule has 1 saturated heterocycles. The van der Waals surface area contributed by atoms with E-state index in [4.69, 9.17) is 25.9 Å². The van der Waals surface area contributed by atoms with Crippen LogP contribution in [0, 0.1) is 0 Å². The summed E-state index contributed by atoms with van der Waals surface area (Å²) in [5, 5.41) is 1.93. The van der Waals surface area contributed by atoms with Crippen LogP contribution < -0.4 is 20.9 Å². The summed E-state index contributed by atoms with van der Waals surface area (Å²) in [5.41, 5.74) is 6.07. The molecule has 4 rings (SSSR count). The van der Waals surface area contributed by atoms with E-state index in [-0.39, 0.29) is 16.5 Å². The van der Waals surface area contributed by atoms with Gasteiger partial charge in [0, 0.05) is 0 Å². The maximum atomic E-state index is 8.37. The molecule has 0 saturated carbocycles. The summed E-state index contributed by atoms with van der Waals surface area (Å²) >= 11 is 5.55. The zero-order valence-corrected chi connectivity index (χ0v) is 13.6. The van der Waals surface area contributed by atoms with Crippen LogP contribution in [-0.2, 0) is 0 Å². The molecule has 124 valence electrons. The van der Waals surface area contributed by atoms with E-state index in [1.165, 1.54) is 0 Å². The topological polar surface area (TPSA) is 30.5 Å². The van der Waals surface area contributed by atoms with Crippen molar-refractivity contribution in [3.8, 4) is 0 Å². The van der Waals surface area contributed by atoms with Gasteiger partial charge in [0.15, 0.2) is 0 Å². The molecule has 2 N–H and O–H groups in total. The van der Waals surface area contributed by atoms with E-state index >= 15 is 0 Å². The fraction of sp³-hybridized carbons (Fsp3) is 0.0500. The standard InChI is InChI=1S/C20H18N4S/c25-20-23(17-12-6-2-7-13-17)21-19(16-10-4-1-5-11-16)22-24(20)18-14-8-3-9-15-18/h1-15,19,21-22H/i2D,3D,6D,7D,8D,9D,12D,13D,14D,15D. The van der Waals surface area contributed by atoms with Crippen molar-refractivity contribution in [2.75, 3.05) is 10.0 Å². The predicted octanol–water partition coefficient (Wildman–Crippen LogP) is 4.01. The van der Waals surface area contributed by atoms with Crippen LogP contribution in [-0.4, -0.2) is 5.11 Å². The number of hydrogen-bond acceptors (Lipinski definition) is 3. The molecule has 0 unspecified atom stereocenters. The zero-order valence-electron chi connectivity index (χ0n) is 22.8. The number of rotatable bonds is 3. The summed E-state index contributed by atoms with van der Waals surface area (Å²) in [6.45, 7) is 0. The number of hydrazine groups is 2. The number of thiocarbonyl (C=S) groups is 1. The Labute approximate surface area is 166 Å². The monoisotopic (exact) mass is 356 g/mol. The first-order chi connectivity index (χ1) is 16.5. The van der Waals surface area contributed by atoms with Gasteiger partial charge in [0.25, 0.3) is 0 Å². The minimum Gasteiger partial charge on any atom is -0.249 e. The molecular weight excluding hydrogens is 328 g/mol. The molecule has 1 aliphatic heterocycles. The zero-order chi connectivity index (χ0) is 25.8. The van der Waals surface area contributed by atoms with E-state index in [0.717, 1.165) is 10.0 Å². The van der Waals surface area contributed by atoms with Crippen molar-refractivity contribution in [1.82, 2.24) is 10.9 Å². The van der Waals surface area contributed by atoms with Gasteiger partial charge in [-0.1, -0.05) is 66.6 Å². The lowest BCUT2D eigenvalue weighted by molar-refractivity contribution is 0.429. The van der Waals surface area contributed by atoms with Crippen molar-refractivity contribution >= 4 is 28.7 Å². The van der Waals surface area contributed by atoms with Crippen LogP contribution in [0.3, 0.4) is 0 Å². The highest BCUT2D eigenvalue weighted by molar-refractivity contribution is 7.80. The van der Waals surface area contributed by atoms with Gasteiger partial charge in [-0.05, 0) is 42.0 Å². The number of nitrogens with one attached hydrogen (secondary N) is 2. The van der Waals surface area contributed by atoms with Crippen molar-refractivity contribution in [2.24, 2.45) is 0 Å². The van der Waals surface area contributed by atoms with Crippen LogP contribution in [0.2, 0.25) is 0 Å². The maximum Gasteiger partial charge on any atom is 0.210 e. The second kappa shape index (κ2) is 7.03. The van der Waals surface area contributed by atoms with Gasteiger partial charge in [0.2, 0.25) is 5.11 Å². The highest BCUT2D eigenvalue weighted by Gasteiger charge is 2.30. The van der Waals surface area contributed by atoms with Gasteiger partial charge in [-0.2, -0.15) is 0 Å². The largest absolute Gasteiger partial charge is 0.249 e. The Bertz CT molecular complexity index is 1210. The summed E-state index contributed by atoms with van der Waals surface area (Å²) in [6, 6.07) is 3.25. The lowest BCUT2D eigenvalue weighted by Gasteiger charge is -2.43. The first-order valence-corrected chi connectivity index (χ1v) is 7.73. The molecule has 0 bridgehead atoms. The fourth-order valence-corrected chi connectivity index (χ4v) is 2.61. The first kappa shape index (κ1) is 8.10. The molecule has 25 heavy (non-hydrogen) atoms. The Balaban J connectivity index is 1.96. The number of nitrogens with zero attached hydrogens (tertiary/aromatic N) is 2. The molecule has 5 heteroatoms. The maximum absolute atomic E-state index is 8.37. The van der Waals surface area contributed by atoms with Crippen molar-refractivity contribution in [3.05, 3.63) is 96.3 Å². The Morgan fingerprint density at radius 3 is 1.72 bits per heavy atom. The first-order valence-electron chi connectivity index (χ1n) is 12.3. The number of para-hydroxylation sites is 2. The Morgan fingerprint density at radius 2 is 1.24 bits per heavy atom. The smallest absolute Gasteiger partial charge is 0.210 e. The van der Waals surface area contributed by atoms with E-state index in [0.29, 0.717) is 5.56 Å². The molecule has 0 aliphatic carbocycles. The van der Waals surface area contributed by atoms with E-state index in [9.17, 15) is 0 Å². The normalized spacial score (nSPS) is 21.0. The highest BCUT2D eigenvalue weighted by atomic mass is 32.1. The molecule has 4 nitrogen and oxygen atoms in total. The van der Waals surface area contributed by atoms with Gasteiger partial charge in [-0.3, -0.25) is 0 Å². The summed E-state index contributed by atoms with van der Waals surface area (Å²) in [4.78, 5) is 0. The Kier molecular flexibility index (Phi) is 2.28. The third kappa shape index (κ3) is 3.25. The van der Waals surface area contributed by atoms with Crippen LogP contribution in [0.15, 0.2) is 90.8 Å². The molecule has 1 fully saturated rings. The van der Waals surface area contributed by atoms with Gasteiger partial charge in [-0.25, -0.2) is 20.9 Å².